The SMILES string of the molecule is FC1(c2cccc3cnccc23)CNC1. The van der Waals surface area contributed by atoms with E-state index in [0.717, 1.165) is 16.3 Å². The van der Waals surface area contributed by atoms with Crippen LogP contribution in [-0.4, -0.2) is 18.1 Å². The summed E-state index contributed by atoms with van der Waals surface area (Å²) in [6.07, 6.45) is 3.48. The smallest absolute Gasteiger partial charge is 0.161 e. The molecule has 2 nitrogen and oxygen atoms in total. The number of aromatic nitrogens is 1. The first-order valence-corrected chi connectivity index (χ1v) is 5.02. The van der Waals surface area contributed by atoms with Gasteiger partial charge in [-0.25, -0.2) is 4.39 Å². The highest BCUT2D eigenvalue weighted by molar-refractivity contribution is 5.85. The van der Waals surface area contributed by atoms with Crippen LogP contribution in [-0.2, 0) is 5.67 Å². The molecule has 0 aliphatic carbocycles. The summed E-state index contributed by atoms with van der Waals surface area (Å²) < 4.78 is 14.3. The number of halogens is 1. The fourth-order valence-corrected chi connectivity index (χ4v) is 2.05. The van der Waals surface area contributed by atoms with E-state index in [4.69, 9.17) is 0 Å². The molecule has 0 saturated carbocycles. The highest BCUT2D eigenvalue weighted by Crippen LogP contribution is 2.34. The minimum absolute atomic E-state index is 0.411. The zero-order valence-electron chi connectivity index (χ0n) is 8.20. The number of rotatable bonds is 1. The largest absolute Gasteiger partial charge is 0.310 e. The van der Waals surface area contributed by atoms with Crippen molar-refractivity contribution < 1.29 is 4.39 Å². The van der Waals surface area contributed by atoms with Gasteiger partial charge in [-0.05, 0) is 17.0 Å². The van der Waals surface area contributed by atoms with Gasteiger partial charge in [-0.3, -0.25) is 4.98 Å². The van der Waals surface area contributed by atoms with Crippen molar-refractivity contribution in [2.45, 2.75) is 5.67 Å². The summed E-state index contributed by atoms with van der Waals surface area (Å²) in [5, 5.41) is 4.94. The van der Waals surface area contributed by atoms with Gasteiger partial charge in [0.1, 0.15) is 0 Å². The molecule has 1 saturated heterocycles. The van der Waals surface area contributed by atoms with Gasteiger partial charge in [0.2, 0.25) is 0 Å². The maximum atomic E-state index is 14.3. The Hall–Kier alpha value is -1.48. The molecule has 15 heavy (non-hydrogen) atoms. The molecule has 0 radical (unpaired) electrons. The molecule has 0 unspecified atom stereocenters. The van der Waals surface area contributed by atoms with Gasteiger partial charge in [-0.1, -0.05) is 18.2 Å². The third-order valence-electron chi connectivity index (χ3n) is 2.97. The molecular formula is C12H11FN2. The van der Waals surface area contributed by atoms with Crippen LogP contribution in [0.1, 0.15) is 5.56 Å². The molecule has 1 fully saturated rings. The second-order valence-electron chi connectivity index (χ2n) is 3.97. The molecule has 1 aliphatic heterocycles. The van der Waals surface area contributed by atoms with Crippen molar-refractivity contribution in [1.82, 2.24) is 10.3 Å². The van der Waals surface area contributed by atoms with Crippen LogP contribution in [0, 0.1) is 0 Å². The molecule has 2 heterocycles. The quantitative estimate of drug-likeness (QED) is 0.765. The minimum atomic E-state index is -1.19. The molecule has 1 aromatic heterocycles. The number of benzene rings is 1. The van der Waals surface area contributed by atoms with Gasteiger partial charge in [0.25, 0.3) is 0 Å². The van der Waals surface area contributed by atoms with Gasteiger partial charge in [0.15, 0.2) is 5.67 Å². The maximum absolute atomic E-state index is 14.3. The van der Waals surface area contributed by atoms with Gasteiger partial charge in [0, 0.05) is 30.9 Å². The second kappa shape index (κ2) is 3.00. The fraction of sp³-hybridized carbons (Fsp3) is 0.250. The summed E-state index contributed by atoms with van der Waals surface area (Å²) in [6.45, 7) is 0.822. The van der Waals surface area contributed by atoms with E-state index in [0.29, 0.717) is 13.1 Å². The van der Waals surface area contributed by atoms with Crippen molar-refractivity contribution in [3.05, 3.63) is 42.2 Å². The second-order valence-corrected chi connectivity index (χ2v) is 3.97. The topological polar surface area (TPSA) is 24.9 Å². The molecule has 1 N–H and O–H groups in total. The third-order valence-corrected chi connectivity index (χ3v) is 2.97. The Labute approximate surface area is 87.1 Å². The van der Waals surface area contributed by atoms with E-state index >= 15 is 0 Å². The Morgan fingerprint density at radius 1 is 1.27 bits per heavy atom. The number of alkyl halides is 1. The molecule has 76 valence electrons. The van der Waals surface area contributed by atoms with Gasteiger partial charge in [-0.2, -0.15) is 0 Å². The van der Waals surface area contributed by atoms with Crippen LogP contribution in [0.2, 0.25) is 0 Å². The molecule has 0 bridgehead atoms. The molecule has 1 aromatic carbocycles. The van der Waals surface area contributed by atoms with Gasteiger partial charge in [0.05, 0.1) is 0 Å². The lowest BCUT2D eigenvalue weighted by Crippen LogP contribution is -2.53. The van der Waals surface area contributed by atoms with Crippen molar-refractivity contribution in [1.29, 1.82) is 0 Å². The van der Waals surface area contributed by atoms with E-state index in [-0.39, 0.29) is 0 Å². The van der Waals surface area contributed by atoms with Crippen molar-refractivity contribution in [2.24, 2.45) is 0 Å². The molecule has 0 amide bonds. The number of pyridine rings is 1. The minimum Gasteiger partial charge on any atom is -0.310 e. The molecule has 3 heteroatoms. The highest BCUT2D eigenvalue weighted by atomic mass is 19.1. The lowest BCUT2D eigenvalue weighted by Gasteiger charge is -2.36. The summed E-state index contributed by atoms with van der Waals surface area (Å²) in [5.74, 6) is 0. The Kier molecular flexibility index (Phi) is 1.76. The molecule has 0 atom stereocenters. The van der Waals surface area contributed by atoms with E-state index in [1.54, 1.807) is 12.4 Å². The lowest BCUT2D eigenvalue weighted by molar-refractivity contribution is 0.0909. The average Bonchev–Trinajstić information content (AvgIpc) is 2.25. The first kappa shape index (κ1) is 8.80. The monoisotopic (exact) mass is 202 g/mol. The zero-order valence-corrected chi connectivity index (χ0v) is 8.20. The number of fused-ring (bicyclic) bond motifs is 1. The summed E-state index contributed by atoms with van der Waals surface area (Å²) in [4.78, 5) is 4.04. The number of nitrogens with zero attached hydrogens (tertiary/aromatic N) is 1. The van der Waals surface area contributed by atoms with Crippen LogP contribution < -0.4 is 5.32 Å². The summed E-state index contributed by atoms with van der Waals surface area (Å²) in [7, 11) is 0. The normalized spacial score (nSPS) is 18.7. The predicted octanol–water partition coefficient (Wildman–Crippen LogP) is 2.00. The summed E-state index contributed by atoms with van der Waals surface area (Å²) in [5.41, 5.74) is -0.415. The molecule has 3 rings (SSSR count). The van der Waals surface area contributed by atoms with Crippen LogP contribution in [0.4, 0.5) is 4.39 Å². The van der Waals surface area contributed by atoms with Crippen molar-refractivity contribution >= 4 is 10.8 Å². The Bertz CT molecular complexity index is 500. The lowest BCUT2D eigenvalue weighted by atomic mass is 9.87. The first-order chi connectivity index (χ1) is 7.30. The van der Waals surface area contributed by atoms with Gasteiger partial charge in [-0.15, -0.1) is 0 Å². The zero-order chi connectivity index (χ0) is 10.3. The van der Waals surface area contributed by atoms with Gasteiger partial charge >= 0.3 is 0 Å². The summed E-state index contributed by atoms with van der Waals surface area (Å²) in [6, 6.07) is 7.59. The van der Waals surface area contributed by atoms with Crippen molar-refractivity contribution in [3.63, 3.8) is 0 Å². The Morgan fingerprint density at radius 2 is 2.13 bits per heavy atom. The fourth-order valence-electron chi connectivity index (χ4n) is 2.05. The van der Waals surface area contributed by atoms with E-state index in [1.165, 1.54) is 0 Å². The average molecular weight is 202 g/mol. The van der Waals surface area contributed by atoms with Crippen molar-refractivity contribution in [3.8, 4) is 0 Å². The summed E-state index contributed by atoms with van der Waals surface area (Å²) >= 11 is 0. The predicted molar refractivity (Wildman–Crippen MR) is 57.4 cm³/mol. The van der Waals surface area contributed by atoms with Crippen LogP contribution in [0.25, 0.3) is 10.8 Å². The maximum Gasteiger partial charge on any atom is 0.161 e. The number of nitrogens with one attached hydrogen (secondary N) is 1. The highest BCUT2D eigenvalue weighted by Gasteiger charge is 2.39. The van der Waals surface area contributed by atoms with Crippen LogP contribution in [0.5, 0.6) is 0 Å². The van der Waals surface area contributed by atoms with Crippen LogP contribution >= 0.6 is 0 Å². The van der Waals surface area contributed by atoms with Crippen LogP contribution in [0.3, 0.4) is 0 Å². The standard InChI is InChI=1S/C12H11FN2/c13-12(7-15-8-12)11-3-1-2-9-6-14-5-4-10(9)11/h1-6,15H,7-8H2. The van der Waals surface area contributed by atoms with E-state index in [9.17, 15) is 4.39 Å². The van der Waals surface area contributed by atoms with E-state index < -0.39 is 5.67 Å². The number of hydrogen-bond donors (Lipinski definition) is 1. The molecule has 2 aromatic rings. The van der Waals surface area contributed by atoms with E-state index in [2.05, 4.69) is 10.3 Å². The molecule has 0 spiro atoms. The van der Waals surface area contributed by atoms with Crippen LogP contribution in [0.15, 0.2) is 36.7 Å². The molecule has 1 aliphatic rings. The molecular weight excluding hydrogens is 191 g/mol. The van der Waals surface area contributed by atoms with Crippen molar-refractivity contribution in [2.75, 3.05) is 13.1 Å². The Balaban J connectivity index is 2.26. The van der Waals surface area contributed by atoms with E-state index in [1.807, 2.05) is 24.3 Å². The van der Waals surface area contributed by atoms with Gasteiger partial charge < -0.3 is 5.32 Å². The Morgan fingerprint density at radius 3 is 2.87 bits per heavy atom. The third kappa shape index (κ3) is 1.23. The number of hydrogen-bond acceptors (Lipinski definition) is 2. The first-order valence-electron chi connectivity index (χ1n) is 5.02.